The highest BCUT2D eigenvalue weighted by atomic mass is 32.2. The zero-order valence-electron chi connectivity index (χ0n) is 8.95. The maximum Gasteiger partial charge on any atom is 0.150 e. The standard InChI is InChI=1S/C11H12O2S/c1-14-8-11(13)6-9-2-4-10(7-12)5-3-9/h2-5,7H,6,8H2,1H3/i7D. The third kappa shape index (κ3) is 3.34. The van der Waals surface area contributed by atoms with Gasteiger partial charge in [-0.3, -0.25) is 9.59 Å². The molecule has 3 heteroatoms. The molecule has 0 saturated heterocycles. The molecule has 14 heavy (non-hydrogen) atoms. The van der Waals surface area contributed by atoms with Gasteiger partial charge in [-0.2, -0.15) is 11.8 Å². The molecule has 0 radical (unpaired) electrons. The van der Waals surface area contributed by atoms with Gasteiger partial charge in [-0.25, -0.2) is 0 Å². The summed E-state index contributed by atoms with van der Waals surface area (Å²) in [7, 11) is 0. The highest BCUT2D eigenvalue weighted by molar-refractivity contribution is 7.99. The van der Waals surface area contributed by atoms with E-state index in [1.165, 1.54) is 11.8 Å². The normalized spacial score (nSPS) is 10.8. The molecule has 74 valence electrons. The van der Waals surface area contributed by atoms with Crippen LogP contribution in [-0.2, 0) is 11.2 Å². The van der Waals surface area contributed by atoms with Crippen LogP contribution in [0, 0.1) is 0 Å². The van der Waals surface area contributed by atoms with Gasteiger partial charge in [-0.05, 0) is 11.8 Å². The Morgan fingerprint density at radius 1 is 1.50 bits per heavy atom. The van der Waals surface area contributed by atoms with Crippen LogP contribution >= 0.6 is 11.8 Å². The zero-order valence-corrected chi connectivity index (χ0v) is 8.76. The first-order chi connectivity index (χ1) is 7.13. The molecule has 1 aromatic rings. The smallest absolute Gasteiger partial charge is 0.150 e. The van der Waals surface area contributed by atoms with E-state index in [1.54, 1.807) is 24.3 Å². The van der Waals surface area contributed by atoms with Crippen molar-refractivity contribution in [3.63, 3.8) is 0 Å². The molecule has 2 nitrogen and oxygen atoms in total. The maximum absolute atomic E-state index is 11.3. The van der Waals surface area contributed by atoms with Crippen molar-refractivity contribution in [2.24, 2.45) is 0 Å². The summed E-state index contributed by atoms with van der Waals surface area (Å²) in [6, 6.07) is 6.61. The van der Waals surface area contributed by atoms with Gasteiger partial charge in [0, 0.05) is 12.0 Å². The van der Waals surface area contributed by atoms with E-state index < -0.39 is 6.26 Å². The van der Waals surface area contributed by atoms with E-state index in [0.29, 0.717) is 17.7 Å². The van der Waals surface area contributed by atoms with Crippen LogP contribution in [0.5, 0.6) is 0 Å². The van der Waals surface area contributed by atoms with Crippen LogP contribution in [0.25, 0.3) is 0 Å². The largest absolute Gasteiger partial charge is 0.298 e. The average molecular weight is 209 g/mol. The van der Waals surface area contributed by atoms with Crippen molar-refractivity contribution in [1.82, 2.24) is 0 Å². The molecule has 0 amide bonds. The molecular formula is C11H12O2S. The Kier molecular flexibility index (Phi) is 3.79. The van der Waals surface area contributed by atoms with Crippen LogP contribution in [-0.4, -0.2) is 24.1 Å². The summed E-state index contributed by atoms with van der Waals surface area (Å²) >= 11 is 1.50. The first kappa shape index (κ1) is 9.46. The van der Waals surface area contributed by atoms with E-state index in [2.05, 4.69) is 0 Å². The Balaban J connectivity index is 2.64. The molecule has 0 fully saturated rings. The molecule has 0 aromatic heterocycles. The molecule has 0 aliphatic rings. The molecule has 0 aliphatic carbocycles. The van der Waals surface area contributed by atoms with Crippen molar-refractivity contribution in [1.29, 1.82) is 0 Å². The van der Waals surface area contributed by atoms with Crippen LogP contribution in [0.2, 0.25) is 0 Å². The number of rotatable bonds is 5. The predicted molar refractivity (Wildman–Crippen MR) is 58.9 cm³/mol. The van der Waals surface area contributed by atoms with E-state index in [4.69, 9.17) is 1.37 Å². The van der Waals surface area contributed by atoms with Gasteiger partial charge in [-0.1, -0.05) is 24.3 Å². The van der Waals surface area contributed by atoms with Crippen molar-refractivity contribution >= 4 is 23.8 Å². The van der Waals surface area contributed by atoms with E-state index in [9.17, 15) is 9.59 Å². The molecule has 0 saturated carbocycles. The number of ketones is 1. The monoisotopic (exact) mass is 209 g/mol. The molecule has 0 atom stereocenters. The summed E-state index contributed by atoms with van der Waals surface area (Å²) in [5, 5.41) is 0. The number of hydrogen-bond acceptors (Lipinski definition) is 3. The van der Waals surface area contributed by atoms with Crippen molar-refractivity contribution in [2.75, 3.05) is 12.0 Å². The number of carbonyl (C=O) groups excluding carboxylic acids is 2. The van der Waals surface area contributed by atoms with Gasteiger partial charge in [0.15, 0.2) is 0 Å². The van der Waals surface area contributed by atoms with Crippen LogP contribution in [0.1, 0.15) is 17.3 Å². The summed E-state index contributed by atoms with van der Waals surface area (Å²) in [4.78, 5) is 22.0. The molecule has 1 aromatic carbocycles. The van der Waals surface area contributed by atoms with Gasteiger partial charge in [0.1, 0.15) is 13.4 Å². The number of hydrogen-bond donors (Lipinski definition) is 0. The Bertz CT molecular complexity index is 359. The number of aldehydes is 1. The Labute approximate surface area is 89.1 Å². The minimum Gasteiger partial charge on any atom is -0.298 e. The SMILES string of the molecule is [2H]C(=O)c1ccc(CC(=O)CSC)cc1. The van der Waals surface area contributed by atoms with E-state index in [-0.39, 0.29) is 5.78 Å². The summed E-state index contributed by atoms with van der Waals surface area (Å²) in [5.74, 6) is 0.687. The first-order valence-corrected chi connectivity index (χ1v) is 5.63. The number of benzene rings is 1. The summed E-state index contributed by atoms with van der Waals surface area (Å²) < 4.78 is 6.89. The second kappa shape index (κ2) is 5.60. The third-order valence-corrected chi connectivity index (χ3v) is 2.39. The van der Waals surface area contributed by atoms with Crippen molar-refractivity contribution in [2.45, 2.75) is 6.42 Å². The summed E-state index contributed by atoms with van der Waals surface area (Å²) in [6.07, 6.45) is 1.59. The Morgan fingerprint density at radius 2 is 2.14 bits per heavy atom. The number of thioether (sulfide) groups is 1. The molecule has 0 bridgehead atoms. The molecule has 0 N–H and O–H groups in total. The highest BCUT2D eigenvalue weighted by Crippen LogP contribution is 2.05. The van der Waals surface area contributed by atoms with Gasteiger partial charge < -0.3 is 0 Å². The molecule has 0 aliphatic heterocycles. The molecule has 0 spiro atoms. The topological polar surface area (TPSA) is 34.1 Å². The fourth-order valence-electron chi connectivity index (χ4n) is 1.13. The Morgan fingerprint density at radius 3 is 2.64 bits per heavy atom. The Hall–Kier alpha value is -1.09. The average Bonchev–Trinajstić information content (AvgIpc) is 2.18. The van der Waals surface area contributed by atoms with Gasteiger partial charge in [0.05, 0.1) is 5.75 Å². The lowest BCUT2D eigenvalue weighted by Gasteiger charge is -1.99. The lowest BCUT2D eigenvalue weighted by molar-refractivity contribution is -0.115. The van der Waals surface area contributed by atoms with E-state index in [0.717, 1.165) is 5.56 Å². The van der Waals surface area contributed by atoms with E-state index in [1.807, 2.05) is 6.26 Å². The summed E-state index contributed by atoms with van der Waals surface area (Å²) in [6.45, 7) is 0. The van der Waals surface area contributed by atoms with Crippen LogP contribution in [0.15, 0.2) is 24.3 Å². The lowest BCUT2D eigenvalue weighted by Crippen LogP contribution is -2.05. The zero-order chi connectivity index (χ0) is 11.3. The predicted octanol–water partition coefficient (Wildman–Crippen LogP) is 1.97. The van der Waals surface area contributed by atoms with Crippen molar-refractivity contribution in [3.8, 4) is 0 Å². The minimum atomic E-state index is -0.697. The summed E-state index contributed by atoms with van der Waals surface area (Å²) in [5.41, 5.74) is 1.25. The molecule has 1 rings (SSSR count). The molecular weight excluding hydrogens is 196 g/mol. The van der Waals surface area contributed by atoms with Crippen molar-refractivity contribution in [3.05, 3.63) is 35.4 Å². The minimum absolute atomic E-state index is 0.174. The quantitative estimate of drug-likeness (QED) is 0.695. The van der Waals surface area contributed by atoms with Crippen LogP contribution < -0.4 is 0 Å². The second-order valence-electron chi connectivity index (χ2n) is 2.95. The molecule has 0 heterocycles. The van der Waals surface area contributed by atoms with Gasteiger partial charge in [0.25, 0.3) is 0 Å². The first-order valence-electron chi connectivity index (χ1n) is 4.74. The highest BCUT2D eigenvalue weighted by Gasteiger charge is 2.02. The van der Waals surface area contributed by atoms with Crippen LogP contribution in [0.4, 0.5) is 0 Å². The number of carbonyl (C=O) groups is 2. The second-order valence-corrected chi connectivity index (χ2v) is 3.81. The van der Waals surface area contributed by atoms with E-state index >= 15 is 0 Å². The van der Waals surface area contributed by atoms with Gasteiger partial charge >= 0.3 is 0 Å². The lowest BCUT2D eigenvalue weighted by atomic mass is 10.1. The number of Topliss-reactive ketones (excluding diaryl/α,β-unsaturated/α-hetero) is 1. The van der Waals surface area contributed by atoms with Crippen molar-refractivity contribution < 1.29 is 11.0 Å². The third-order valence-electron chi connectivity index (χ3n) is 1.78. The van der Waals surface area contributed by atoms with Gasteiger partial charge in [-0.15, -0.1) is 0 Å². The maximum atomic E-state index is 11.3. The molecule has 0 unspecified atom stereocenters. The van der Waals surface area contributed by atoms with Gasteiger partial charge in [0.2, 0.25) is 0 Å². The fraction of sp³-hybridized carbons (Fsp3) is 0.273. The fourth-order valence-corrected chi connectivity index (χ4v) is 1.55. The van der Waals surface area contributed by atoms with Crippen LogP contribution in [0.3, 0.4) is 0 Å².